The summed E-state index contributed by atoms with van der Waals surface area (Å²) in [5.41, 5.74) is 1.61. The van der Waals surface area contributed by atoms with Crippen molar-refractivity contribution in [3.63, 3.8) is 0 Å². The van der Waals surface area contributed by atoms with Gasteiger partial charge in [0.15, 0.2) is 5.78 Å². The van der Waals surface area contributed by atoms with Gasteiger partial charge in [-0.25, -0.2) is 4.68 Å². The third-order valence-corrected chi connectivity index (χ3v) is 3.72. The number of rotatable bonds is 5. The number of benzene rings is 2. The smallest absolute Gasteiger partial charge is 0.277 e. The molecular weight excluding hydrogens is 306 g/mol. The Morgan fingerprint density at radius 1 is 1.21 bits per heavy atom. The first-order chi connectivity index (χ1) is 11.6. The lowest BCUT2D eigenvalue weighted by atomic mass is 10.1. The van der Waals surface area contributed by atoms with E-state index in [-0.39, 0.29) is 17.9 Å². The molecule has 0 amide bonds. The summed E-state index contributed by atoms with van der Waals surface area (Å²) in [5, 5.41) is 8.58. The normalized spacial score (nSPS) is 10.8. The van der Waals surface area contributed by atoms with Crippen LogP contribution in [0.5, 0.6) is 5.75 Å². The fraction of sp³-hybridized carbons (Fsp3) is 0.222. The van der Waals surface area contributed by atoms with Gasteiger partial charge >= 0.3 is 0 Å². The van der Waals surface area contributed by atoms with E-state index in [0.717, 1.165) is 5.56 Å². The number of Topliss-reactive ketones (excluding diaryl/α,β-unsaturated/α-hetero) is 1. The minimum atomic E-state index is -0.226. The van der Waals surface area contributed by atoms with Crippen LogP contribution in [0.3, 0.4) is 0 Å². The molecule has 0 saturated carbocycles. The molecule has 1 aromatic heterocycles. The van der Waals surface area contributed by atoms with E-state index in [1.54, 1.807) is 36.4 Å². The highest BCUT2D eigenvalue weighted by atomic mass is 16.5. The average Bonchev–Trinajstić information content (AvgIpc) is 2.59. The highest BCUT2D eigenvalue weighted by Crippen LogP contribution is 2.21. The standard InChI is InChI=1S/C18H17N3O3/c1-3-24-17-9-8-13(12(2)22)10-14(17)11-21-18(23)15-6-4-5-7-16(15)19-20-21/h4-10H,3,11H2,1-2H3. The summed E-state index contributed by atoms with van der Waals surface area (Å²) in [6.45, 7) is 4.06. The largest absolute Gasteiger partial charge is 0.494 e. The summed E-state index contributed by atoms with van der Waals surface area (Å²) < 4.78 is 6.88. The molecule has 2 aromatic carbocycles. The Balaban J connectivity index is 2.07. The van der Waals surface area contributed by atoms with Gasteiger partial charge < -0.3 is 4.74 Å². The van der Waals surface area contributed by atoms with Gasteiger partial charge in [-0.1, -0.05) is 17.3 Å². The van der Waals surface area contributed by atoms with E-state index in [4.69, 9.17) is 4.74 Å². The first-order valence-electron chi connectivity index (χ1n) is 7.69. The number of ether oxygens (including phenoxy) is 1. The molecule has 0 atom stereocenters. The lowest BCUT2D eigenvalue weighted by molar-refractivity contribution is 0.101. The summed E-state index contributed by atoms with van der Waals surface area (Å²) in [6, 6.07) is 12.3. The Morgan fingerprint density at radius 2 is 2.00 bits per heavy atom. The van der Waals surface area contributed by atoms with E-state index in [1.807, 2.05) is 13.0 Å². The number of fused-ring (bicyclic) bond motifs is 1. The molecule has 0 saturated heterocycles. The van der Waals surface area contributed by atoms with Crippen LogP contribution in [0.25, 0.3) is 10.9 Å². The van der Waals surface area contributed by atoms with Crippen LogP contribution in [0.15, 0.2) is 47.3 Å². The van der Waals surface area contributed by atoms with Gasteiger partial charge in [-0.3, -0.25) is 9.59 Å². The van der Waals surface area contributed by atoms with Crippen molar-refractivity contribution < 1.29 is 9.53 Å². The molecule has 0 aliphatic rings. The van der Waals surface area contributed by atoms with Crippen molar-refractivity contribution in [2.75, 3.05) is 6.61 Å². The number of ketones is 1. The topological polar surface area (TPSA) is 74.1 Å². The third-order valence-electron chi connectivity index (χ3n) is 3.72. The highest BCUT2D eigenvalue weighted by molar-refractivity contribution is 5.94. The monoisotopic (exact) mass is 323 g/mol. The molecule has 122 valence electrons. The van der Waals surface area contributed by atoms with Crippen LogP contribution >= 0.6 is 0 Å². The van der Waals surface area contributed by atoms with E-state index in [0.29, 0.717) is 28.8 Å². The van der Waals surface area contributed by atoms with Gasteiger partial charge in [-0.15, -0.1) is 5.10 Å². The number of carbonyl (C=O) groups is 1. The van der Waals surface area contributed by atoms with Crippen molar-refractivity contribution >= 4 is 16.7 Å². The highest BCUT2D eigenvalue weighted by Gasteiger charge is 2.11. The molecule has 0 spiro atoms. The minimum Gasteiger partial charge on any atom is -0.494 e. The molecule has 0 bridgehead atoms. The maximum absolute atomic E-state index is 12.6. The SMILES string of the molecule is CCOc1ccc(C(C)=O)cc1Cn1nnc2ccccc2c1=O. The molecule has 0 fully saturated rings. The van der Waals surface area contributed by atoms with Crippen LogP contribution in [0.1, 0.15) is 29.8 Å². The van der Waals surface area contributed by atoms with Gasteiger partial charge in [0.05, 0.1) is 18.5 Å². The van der Waals surface area contributed by atoms with Crippen molar-refractivity contribution in [3.8, 4) is 5.75 Å². The van der Waals surface area contributed by atoms with Crippen LogP contribution in [-0.4, -0.2) is 27.4 Å². The molecule has 0 aliphatic heterocycles. The summed E-state index contributed by atoms with van der Waals surface area (Å²) in [4.78, 5) is 24.2. The zero-order valence-corrected chi connectivity index (χ0v) is 13.5. The molecule has 6 nitrogen and oxygen atoms in total. The van der Waals surface area contributed by atoms with Gasteiger partial charge in [0, 0.05) is 11.1 Å². The number of hydrogen-bond donors (Lipinski definition) is 0. The van der Waals surface area contributed by atoms with Crippen molar-refractivity contribution in [2.45, 2.75) is 20.4 Å². The molecule has 3 aromatic rings. The lowest BCUT2D eigenvalue weighted by Crippen LogP contribution is -2.25. The predicted octanol–water partition coefficient (Wildman–Crippen LogP) is 2.44. The number of hydrogen-bond acceptors (Lipinski definition) is 5. The van der Waals surface area contributed by atoms with Gasteiger partial charge in [-0.05, 0) is 44.2 Å². The first-order valence-corrected chi connectivity index (χ1v) is 7.69. The fourth-order valence-corrected chi connectivity index (χ4v) is 2.51. The number of nitrogens with zero attached hydrogens (tertiary/aromatic N) is 3. The minimum absolute atomic E-state index is 0.0451. The van der Waals surface area contributed by atoms with Crippen molar-refractivity contribution in [2.24, 2.45) is 0 Å². The number of aromatic nitrogens is 3. The quantitative estimate of drug-likeness (QED) is 0.674. The maximum atomic E-state index is 12.6. The second-order valence-electron chi connectivity index (χ2n) is 5.38. The van der Waals surface area contributed by atoms with Crippen molar-refractivity contribution in [1.29, 1.82) is 0 Å². The van der Waals surface area contributed by atoms with Crippen LogP contribution in [-0.2, 0) is 6.54 Å². The number of carbonyl (C=O) groups excluding carboxylic acids is 1. The molecule has 0 radical (unpaired) electrons. The van der Waals surface area contributed by atoms with Crippen LogP contribution < -0.4 is 10.3 Å². The van der Waals surface area contributed by atoms with E-state index in [2.05, 4.69) is 10.3 Å². The van der Waals surface area contributed by atoms with E-state index in [9.17, 15) is 9.59 Å². The Morgan fingerprint density at radius 3 is 2.75 bits per heavy atom. The molecule has 1 heterocycles. The molecule has 0 N–H and O–H groups in total. The van der Waals surface area contributed by atoms with Crippen LogP contribution in [0, 0.1) is 0 Å². The summed E-state index contributed by atoms with van der Waals surface area (Å²) in [6.07, 6.45) is 0. The average molecular weight is 323 g/mol. The fourth-order valence-electron chi connectivity index (χ4n) is 2.51. The van der Waals surface area contributed by atoms with Crippen LogP contribution in [0.2, 0.25) is 0 Å². The Kier molecular flexibility index (Phi) is 4.37. The second-order valence-corrected chi connectivity index (χ2v) is 5.38. The summed E-state index contributed by atoms with van der Waals surface area (Å²) >= 11 is 0. The van der Waals surface area contributed by atoms with Gasteiger partial charge in [-0.2, -0.15) is 0 Å². The predicted molar refractivity (Wildman–Crippen MR) is 90.5 cm³/mol. The molecule has 0 unspecified atom stereocenters. The Labute approximate surface area is 138 Å². The van der Waals surface area contributed by atoms with Crippen molar-refractivity contribution in [1.82, 2.24) is 15.0 Å². The first kappa shape index (κ1) is 15.9. The molecular formula is C18H17N3O3. The Hall–Kier alpha value is -3.02. The van der Waals surface area contributed by atoms with Crippen LogP contribution in [0.4, 0.5) is 0 Å². The lowest BCUT2D eigenvalue weighted by Gasteiger charge is -2.12. The van der Waals surface area contributed by atoms with E-state index < -0.39 is 0 Å². The Bertz CT molecular complexity index is 963. The van der Waals surface area contributed by atoms with Gasteiger partial charge in [0.2, 0.25) is 0 Å². The molecule has 24 heavy (non-hydrogen) atoms. The zero-order valence-electron chi connectivity index (χ0n) is 13.5. The summed E-state index contributed by atoms with van der Waals surface area (Å²) in [7, 11) is 0. The van der Waals surface area contributed by atoms with E-state index in [1.165, 1.54) is 11.6 Å². The summed E-state index contributed by atoms with van der Waals surface area (Å²) in [5.74, 6) is 0.584. The van der Waals surface area contributed by atoms with E-state index >= 15 is 0 Å². The third kappa shape index (κ3) is 3.03. The second kappa shape index (κ2) is 6.62. The maximum Gasteiger partial charge on any atom is 0.277 e. The molecule has 6 heteroatoms. The van der Waals surface area contributed by atoms with Gasteiger partial charge in [0.1, 0.15) is 11.3 Å². The zero-order chi connectivity index (χ0) is 17.1. The molecule has 3 rings (SSSR count). The van der Waals surface area contributed by atoms with Crippen molar-refractivity contribution in [3.05, 3.63) is 63.9 Å². The molecule has 0 aliphatic carbocycles. The van der Waals surface area contributed by atoms with Gasteiger partial charge in [0.25, 0.3) is 5.56 Å².